The number of nitrogens with one attached hydrogen (secondary N) is 3. The van der Waals surface area contributed by atoms with Crippen molar-refractivity contribution in [3.8, 4) is 0 Å². The number of likely N-dealkylation sites (N-methyl/N-ethyl adjacent to an activating group) is 1. The maximum atomic E-state index is 14.7. The Labute approximate surface area is 339 Å². The second-order valence-electron chi connectivity index (χ2n) is 20.1. The van der Waals surface area contributed by atoms with Crippen LogP contribution in [0.3, 0.4) is 0 Å². The van der Waals surface area contributed by atoms with Gasteiger partial charge in [-0.15, -0.1) is 0 Å². The molecule has 0 aromatic carbocycles. The number of halogens is 3. The Morgan fingerprint density at radius 3 is 2.40 bits per heavy atom. The summed E-state index contributed by atoms with van der Waals surface area (Å²) in [6.45, 7) is 9.92. The number of alkyl halides is 3. The molecule has 57 heavy (non-hydrogen) atoms. The second-order valence-corrected chi connectivity index (χ2v) is 20.1. The highest BCUT2D eigenvalue weighted by Crippen LogP contribution is 2.61. The second kappa shape index (κ2) is 18.6. The number of aliphatic hydroxyl groups is 2. The van der Waals surface area contributed by atoms with Gasteiger partial charge in [0.05, 0.1) is 24.7 Å². The molecule has 7 aliphatic rings. The molecule has 0 radical (unpaired) electrons. The van der Waals surface area contributed by atoms with Gasteiger partial charge in [-0.1, -0.05) is 33.6 Å². The molecule has 7 unspecified atom stereocenters. The molecule has 2 saturated heterocycles. The molecule has 5 N–H and O–H groups in total. The first-order valence-corrected chi connectivity index (χ1v) is 22.2. The van der Waals surface area contributed by atoms with Crippen molar-refractivity contribution in [2.24, 2.45) is 58.7 Å². The summed E-state index contributed by atoms with van der Waals surface area (Å²) < 4.78 is 50.2. The van der Waals surface area contributed by atoms with E-state index < -0.39 is 48.3 Å². The Morgan fingerprint density at radius 2 is 1.81 bits per heavy atom. The predicted molar refractivity (Wildman–Crippen MR) is 211 cm³/mol. The molecule has 328 valence electrons. The first kappa shape index (κ1) is 45.0. The third-order valence-electron chi connectivity index (χ3n) is 15.8. The highest BCUT2D eigenvalue weighted by molar-refractivity contribution is 5.83. The van der Waals surface area contributed by atoms with Crippen molar-refractivity contribution in [2.75, 3.05) is 47.4 Å². The van der Waals surface area contributed by atoms with Crippen molar-refractivity contribution in [1.29, 1.82) is 0 Å². The van der Waals surface area contributed by atoms with Gasteiger partial charge in [-0.3, -0.25) is 14.4 Å². The largest absolute Gasteiger partial charge is 0.394 e. The molecule has 7 fully saturated rings. The number of carbonyl (C=O) groups is 2. The number of fused-ring (bicyclic) bond motifs is 2. The molecule has 2 aliphatic heterocycles. The quantitative estimate of drug-likeness (QED) is 0.169. The number of hydrogen-bond acceptors (Lipinski definition) is 9. The zero-order valence-corrected chi connectivity index (χ0v) is 35.6. The lowest BCUT2D eigenvalue weighted by atomic mass is 9.45. The van der Waals surface area contributed by atoms with Gasteiger partial charge in [0.1, 0.15) is 12.1 Å². The van der Waals surface area contributed by atoms with Crippen molar-refractivity contribution < 1.29 is 42.5 Å². The minimum atomic E-state index is -4.42. The normalized spacial score (nSPS) is 40.9. The van der Waals surface area contributed by atoms with Gasteiger partial charge < -0.3 is 35.8 Å². The molecule has 14 heteroatoms. The highest BCUT2D eigenvalue weighted by atomic mass is 19.4. The minimum Gasteiger partial charge on any atom is -0.394 e. The van der Waals surface area contributed by atoms with E-state index in [1.807, 2.05) is 19.0 Å². The van der Waals surface area contributed by atoms with Crippen LogP contribution in [0.4, 0.5) is 13.2 Å². The van der Waals surface area contributed by atoms with Crippen LogP contribution in [0.5, 0.6) is 0 Å². The van der Waals surface area contributed by atoms with Gasteiger partial charge in [-0.25, -0.2) is 0 Å². The van der Waals surface area contributed by atoms with Crippen molar-refractivity contribution in [1.82, 2.24) is 25.9 Å². The monoisotopic (exact) mass is 814 g/mol. The van der Waals surface area contributed by atoms with Gasteiger partial charge in [0.15, 0.2) is 0 Å². The van der Waals surface area contributed by atoms with Gasteiger partial charge >= 0.3 is 6.18 Å². The van der Waals surface area contributed by atoms with Gasteiger partial charge in [0.2, 0.25) is 11.8 Å². The summed E-state index contributed by atoms with van der Waals surface area (Å²) >= 11 is 0. The number of carbonyl (C=O) groups excluding carboxylic acids is 2. The third-order valence-corrected chi connectivity index (χ3v) is 15.8. The van der Waals surface area contributed by atoms with E-state index in [9.17, 15) is 33.0 Å². The Hall–Kier alpha value is -1.55. The van der Waals surface area contributed by atoms with Crippen LogP contribution in [0, 0.1) is 58.7 Å². The molecule has 7 rings (SSSR count). The smallest absolute Gasteiger partial charge is 0.391 e. The van der Waals surface area contributed by atoms with Gasteiger partial charge in [-0.2, -0.15) is 18.2 Å². The van der Waals surface area contributed by atoms with Crippen molar-refractivity contribution in [3.05, 3.63) is 0 Å². The van der Waals surface area contributed by atoms with E-state index in [-0.39, 0.29) is 79.1 Å². The minimum absolute atomic E-state index is 0.00449. The SMILES string of the molecule is COC1C(CN2O[C@@H](CO)[C@@H]([C@H](C)O)[C@H]2C(=O)N[C@H]2C[C@H]3C[C@@H]([C@@H]2C)C3(C)C)CCCC1C1CC(C(=O)N[C@@H](CC2CCCCN2)CN(C)C)CC(C(F)(F)F)C1. The Kier molecular flexibility index (Phi) is 14.7. The highest BCUT2D eigenvalue weighted by Gasteiger charge is 2.58. The number of piperidine rings is 1. The molecule has 2 heterocycles. The molecular formula is C43H74F3N5O6. The van der Waals surface area contributed by atoms with Crippen LogP contribution in [-0.4, -0.2) is 128 Å². The maximum absolute atomic E-state index is 14.7. The molecule has 0 aromatic heterocycles. The zero-order valence-electron chi connectivity index (χ0n) is 35.6. The van der Waals surface area contributed by atoms with Crippen molar-refractivity contribution in [3.63, 3.8) is 0 Å². The summed E-state index contributed by atoms with van der Waals surface area (Å²) in [4.78, 5) is 36.6. The number of nitrogens with zero attached hydrogens (tertiary/aromatic N) is 2. The van der Waals surface area contributed by atoms with Gasteiger partial charge in [-0.05, 0) is 127 Å². The van der Waals surface area contributed by atoms with Crippen LogP contribution >= 0.6 is 0 Å². The molecule has 0 aromatic rings. The van der Waals surface area contributed by atoms with E-state index >= 15 is 0 Å². The van der Waals surface area contributed by atoms with Gasteiger partial charge in [0, 0.05) is 56.1 Å². The molecule has 2 amide bonds. The van der Waals surface area contributed by atoms with E-state index in [2.05, 4.69) is 36.7 Å². The molecule has 11 nitrogen and oxygen atoms in total. The van der Waals surface area contributed by atoms with Crippen LogP contribution in [0.15, 0.2) is 0 Å². The van der Waals surface area contributed by atoms with Gasteiger partial charge in [0.25, 0.3) is 0 Å². The first-order chi connectivity index (χ1) is 26.9. The van der Waals surface area contributed by atoms with E-state index in [1.54, 1.807) is 19.1 Å². The lowest BCUT2D eigenvalue weighted by molar-refractivity contribution is -0.201. The van der Waals surface area contributed by atoms with E-state index in [0.29, 0.717) is 37.1 Å². The topological polar surface area (TPSA) is 136 Å². The summed E-state index contributed by atoms with van der Waals surface area (Å²) in [5.41, 5.74) is 0.253. The maximum Gasteiger partial charge on any atom is 0.391 e. The molecule has 2 bridgehead atoms. The molecule has 5 aliphatic carbocycles. The summed E-state index contributed by atoms with van der Waals surface area (Å²) in [6, 6.07) is -0.744. The Balaban J connectivity index is 1.17. The van der Waals surface area contributed by atoms with E-state index in [0.717, 1.165) is 51.5 Å². The van der Waals surface area contributed by atoms with Crippen molar-refractivity contribution in [2.45, 2.75) is 153 Å². The van der Waals surface area contributed by atoms with Crippen LogP contribution in [-0.2, 0) is 19.2 Å². The number of aliphatic hydroxyl groups excluding tert-OH is 2. The first-order valence-electron chi connectivity index (χ1n) is 22.2. The van der Waals surface area contributed by atoms with Crippen molar-refractivity contribution >= 4 is 11.8 Å². The third kappa shape index (κ3) is 9.99. The zero-order chi connectivity index (χ0) is 41.4. The fraction of sp³-hybridized carbons (Fsp3) is 0.953. The van der Waals surface area contributed by atoms with E-state index in [4.69, 9.17) is 9.57 Å². The van der Waals surface area contributed by atoms with Crippen LogP contribution < -0.4 is 16.0 Å². The Morgan fingerprint density at radius 1 is 1.05 bits per heavy atom. The summed E-state index contributed by atoms with van der Waals surface area (Å²) in [7, 11) is 5.51. The molecule has 5 saturated carbocycles. The standard InChI is InChI=1S/C43H74F3N5O6/c1-24-34-18-29(42(34,3)4)19-35(24)49-41(55)38-37(25(2)53)36(23-52)57-51(38)21-26-11-10-13-33(39(26)56-7)27-15-28(17-30(16-27)43(44,45)46)40(54)48-32(22-50(5)6)20-31-12-8-9-14-47-31/h24-39,47,52-53H,8-23H2,1-7H3,(H,48,54)(H,49,55)/t24-,25-,26?,27?,28?,29+,30?,31?,32-,33?,34-,35-,36-,37+,38-,39?/m0/s1. The lowest BCUT2D eigenvalue weighted by Gasteiger charge is -2.62. The number of ether oxygens (including phenoxy) is 1. The summed E-state index contributed by atoms with van der Waals surface area (Å²) in [6.07, 6.45) is 1.82. The average molecular weight is 814 g/mol. The van der Waals surface area contributed by atoms with Crippen LogP contribution in [0.25, 0.3) is 0 Å². The fourth-order valence-corrected chi connectivity index (χ4v) is 12.7. The molecular weight excluding hydrogens is 739 g/mol. The Bertz CT molecular complexity index is 1350. The number of methoxy groups -OCH3 is 1. The molecule has 16 atom stereocenters. The molecule has 0 spiro atoms. The average Bonchev–Trinajstić information content (AvgIpc) is 3.53. The summed E-state index contributed by atoms with van der Waals surface area (Å²) in [5, 5.41) is 33.1. The number of amides is 2. The van der Waals surface area contributed by atoms with Crippen LogP contribution in [0.1, 0.15) is 105 Å². The van der Waals surface area contributed by atoms with E-state index in [1.165, 1.54) is 6.42 Å². The number of rotatable bonds is 14. The number of hydrogen-bond donors (Lipinski definition) is 5. The summed E-state index contributed by atoms with van der Waals surface area (Å²) in [5.74, 6) is -2.93. The predicted octanol–water partition coefficient (Wildman–Crippen LogP) is 4.75. The van der Waals surface area contributed by atoms with Crippen LogP contribution in [0.2, 0.25) is 0 Å². The lowest BCUT2D eigenvalue weighted by Crippen LogP contribution is -2.62. The number of hydroxylamine groups is 2. The fourth-order valence-electron chi connectivity index (χ4n) is 12.7.